The highest BCUT2D eigenvalue weighted by molar-refractivity contribution is 6.06. The number of hydrogen-bond acceptors (Lipinski definition) is 5. The molecule has 0 spiro atoms. The fraction of sp³-hybridized carbons (Fsp3) is 0.182. The van der Waals surface area contributed by atoms with Gasteiger partial charge in [0.2, 0.25) is 0 Å². The van der Waals surface area contributed by atoms with Crippen LogP contribution in [0.1, 0.15) is 21.7 Å². The van der Waals surface area contributed by atoms with E-state index in [0.717, 1.165) is 60.8 Å². The van der Waals surface area contributed by atoms with Gasteiger partial charge >= 0.3 is 0 Å². The first-order valence-electron chi connectivity index (χ1n) is 13.3. The molecule has 1 aliphatic rings. The minimum absolute atomic E-state index is 0.235. The number of nitrogens with zero attached hydrogens (tertiary/aromatic N) is 2. The van der Waals surface area contributed by atoms with Gasteiger partial charge in [-0.3, -0.25) is 9.69 Å². The molecule has 1 aliphatic heterocycles. The van der Waals surface area contributed by atoms with Crippen molar-refractivity contribution in [2.45, 2.75) is 13.2 Å². The Balaban J connectivity index is 1.10. The molecule has 5 aromatic rings. The van der Waals surface area contributed by atoms with Crippen LogP contribution in [0, 0.1) is 0 Å². The molecule has 0 unspecified atom stereocenters. The van der Waals surface area contributed by atoms with E-state index >= 15 is 0 Å². The Labute approximate surface area is 228 Å². The van der Waals surface area contributed by atoms with Crippen molar-refractivity contribution in [1.29, 1.82) is 0 Å². The Morgan fingerprint density at radius 3 is 2.18 bits per heavy atom. The number of anilines is 2. The number of rotatable bonds is 8. The first-order chi connectivity index (χ1) is 19.2. The van der Waals surface area contributed by atoms with Gasteiger partial charge in [0.15, 0.2) is 5.76 Å². The zero-order chi connectivity index (χ0) is 26.4. The number of fused-ring (bicyclic) bond motifs is 1. The van der Waals surface area contributed by atoms with Crippen molar-refractivity contribution in [3.05, 3.63) is 126 Å². The van der Waals surface area contributed by atoms with Crippen molar-refractivity contribution >= 4 is 28.3 Å². The minimum atomic E-state index is -0.292. The van der Waals surface area contributed by atoms with E-state index in [1.165, 1.54) is 5.56 Å². The Hall–Kier alpha value is -4.55. The number of carbonyl (C=O) groups excluding carboxylic acids is 1. The lowest BCUT2D eigenvalue weighted by atomic mass is 10.1. The van der Waals surface area contributed by atoms with Crippen LogP contribution >= 0.6 is 0 Å². The van der Waals surface area contributed by atoms with Crippen molar-refractivity contribution in [3.8, 4) is 5.75 Å². The number of amides is 1. The number of para-hydroxylation sites is 2. The standard InChI is InChI=1S/C33H31N3O3/c37-33(32-30(24-38-28-11-5-2-6-12-28)29-13-7-8-14-31(29)39-32)34-26-15-17-27(18-16-26)36-21-19-35(20-22-36)23-25-9-3-1-4-10-25/h1-18H,19-24H2,(H,34,37). The van der Waals surface area contributed by atoms with Crippen molar-refractivity contribution in [2.75, 3.05) is 36.4 Å². The van der Waals surface area contributed by atoms with Crippen LogP contribution < -0.4 is 15.0 Å². The number of carbonyl (C=O) groups is 1. The van der Waals surface area contributed by atoms with Gasteiger partial charge in [0.1, 0.15) is 17.9 Å². The third-order valence-corrected chi connectivity index (χ3v) is 7.14. The van der Waals surface area contributed by atoms with Crippen molar-refractivity contribution in [2.24, 2.45) is 0 Å². The molecule has 1 N–H and O–H groups in total. The molecular weight excluding hydrogens is 486 g/mol. The molecule has 196 valence electrons. The predicted octanol–water partition coefficient (Wildman–Crippen LogP) is 6.59. The SMILES string of the molecule is O=C(Nc1ccc(N2CCN(Cc3ccccc3)CC2)cc1)c1oc2ccccc2c1COc1ccccc1. The highest BCUT2D eigenvalue weighted by Crippen LogP contribution is 2.28. The van der Waals surface area contributed by atoms with Gasteiger partial charge in [-0.25, -0.2) is 0 Å². The van der Waals surface area contributed by atoms with E-state index in [0.29, 0.717) is 5.58 Å². The molecule has 0 atom stereocenters. The maximum absolute atomic E-state index is 13.3. The second kappa shape index (κ2) is 11.5. The van der Waals surface area contributed by atoms with E-state index in [2.05, 4.69) is 57.6 Å². The second-order valence-electron chi connectivity index (χ2n) is 9.76. The maximum Gasteiger partial charge on any atom is 0.291 e. The first-order valence-corrected chi connectivity index (χ1v) is 13.3. The quantitative estimate of drug-likeness (QED) is 0.252. The normalized spacial score (nSPS) is 13.9. The lowest BCUT2D eigenvalue weighted by molar-refractivity contribution is 0.0995. The monoisotopic (exact) mass is 517 g/mol. The molecule has 2 heterocycles. The summed E-state index contributed by atoms with van der Waals surface area (Å²) in [6, 6.07) is 35.9. The van der Waals surface area contributed by atoms with Gasteiger partial charge < -0.3 is 19.4 Å². The van der Waals surface area contributed by atoms with E-state index in [-0.39, 0.29) is 18.3 Å². The zero-order valence-corrected chi connectivity index (χ0v) is 21.8. The summed E-state index contributed by atoms with van der Waals surface area (Å²) in [5.74, 6) is 0.719. The van der Waals surface area contributed by atoms with Crippen LogP contribution in [-0.4, -0.2) is 37.0 Å². The van der Waals surface area contributed by atoms with Gasteiger partial charge in [0, 0.05) is 55.0 Å². The summed E-state index contributed by atoms with van der Waals surface area (Å²) in [6.45, 7) is 5.21. The Morgan fingerprint density at radius 2 is 1.44 bits per heavy atom. The van der Waals surface area contributed by atoms with Gasteiger partial charge in [0.05, 0.1) is 0 Å². The second-order valence-corrected chi connectivity index (χ2v) is 9.76. The molecular formula is C33H31N3O3. The van der Waals surface area contributed by atoms with E-state index < -0.39 is 0 Å². The lowest BCUT2D eigenvalue weighted by Gasteiger charge is -2.36. The van der Waals surface area contributed by atoms with Crippen molar-refractivity contribution < 1.29 is 13.9 Å². The summed E-state index contributed by atoms with van der Waals surface area (Å²) in [5, 5.41) is 3.88. The molecule has 6 rings (SSSR count). The van der Waals surface area contributed by atoms with Crippen LogP contribution in [0.15, 0.2) is 114 Å². The van der Waals surface area contributed by atoms with Crippen LogP contribution in [0.4, 0.5) is 11.4 Å². The molecule has 1 saturated heterocycles. The van der Waals surface area contributed by atoms with E-state index in [1.54, 1.807) is 0 Å². The van der Waals surface area contributed by atoms with Crippen LogP contribution in [-0.2, 0) is 13.2 Å². The summed E-state index contributed by atoms with van der Waals surface area (Å²) in [7, 11) is 0. The number of nitrogens with one attached hydrogen (secondary N) is 1. The summed E-state index contributed by atoms with van der Waals surface area (Å²) in [5.41, 5.74) is 4.63. The maximum atomic E-state index is 13.3. The molecule has 4 aromatic carbocycles. The Morgan fingerprint density at radius 1 is 0.769 bits per heavy atom. The summed E-state index contributed by atoms with van der Waals surface area (Å²) < 4.78 is 12.0. The highest BCUT2D eigenvalue weighted by Gasteiger charge is 2.22. The molecule has 0 saturated carbocycles. The van der Waals surface area contributed by atoms with Gasteiger partial charge in [-0.2, -0.15) is 0 Å². The smallest absolute Gasteiger partial charge is 0.291 e. The Kier molecular flexibility index (Phi) is 7.28. The summed E-state index contributed by atoms with van der Waals surface area (Å²) in [6.07, 6.45) is 0. The number of furan rings is 1. The first kappa shape index (κ1) is 24.8. The molecule has 0 bridgehead atoms. The van der Waals surface area contributed by atoms with E-state index in [4.69, 9.17) is 9.15 Å². The van der Waals surface area contributed by atoms with E-state index in [9.17, 15) is 4.79 Å². The van der Waals surface area contributed by atoms with Crippen LogP contribution in [0.5, 0.6) is 5.75 Å². The predicted molar refractivity (Wildman–Crippen MR) is 155 cm³/mol. The van der Waals surface area contributed by atoms with Gasteiger partial charge in [0.25, 0.3) is 5.91 Å². The highest BCUT2D eigenvalue weighted by atomic mass is 16.5. The third kappa shape index (κ3) is 5.81. The summed E-state index contributed by atoms with van der Waals surface area (Å²) >= 11 is 0. The van der Waals surface area contributed by atoms with Crippen LogP contribution in [0.2, 0.25) is 0 Å². The molecule has 39 heavy (non-hydrogen) atoms. The molecule has 6 nitrogen and oxygen atoms in total. The fourth-order valence-corrected chi connectivity index (χ4v) is 5.05. The number of piperazine rings is 1. The summed E-state index contributed by atoms with van der Waals surface area (Å²) in [4.78, 5) is 18.2. The number of ether oxygens (including phenoxy) is 1. The molecule has 1 aromatic heterocycles. The largest absolute Gasteiger partial charge is 0.489 e. The Bertz CT molecular complexity index is 1520. The van der Waals surface area contributed by atoms with Gasteiger partial charge in [-0.05, 0) is 48.0 Å². The van der Waals surface area contributed by atoms with Crippen LogP contribution in [0.3, 0.4) is 0 Å². The van der Waals surface area contributed by atoms with E-state index in [1.807, 2.05) is 66.7 Å². The topological polar surface area (TPSA) is 58.0 Å². The molecule has 1 amide bonds. The molecule has 0 aliphatic carbocycles. The average Bonchev–Trinajstić information content (AvgIpc) is 3.37. The van der Waals surface area contributed by atoms with Crippen molar-refractivity contribution in [3.63, 3.8) is 0 Å². The lowest BCUT2D eigenvalue weighted by Crippen LogP contribution is -2.45. The average molecular weight is 518 g/mol. The third-order valence-electron chi connectivity index (χ3n) is 7.14. The van der Waals surface area contributed by atoms with Gasteiger partial charge in [-0.15, -0.1) is 0 Å². The fourth-order valence-electron chi connectivity index (χ4n) is 5.05. The molecule has 0 radical (unpaired) electrons. The minimum Gasteiger partial charge on any atom is -0.489 e. The zero-order valence-electron chi connectivity index (χ0n) is 21.8. The van der Waals surface area contributed by atoms with Crippen molar-refractivity contribution in [1.82, 2.24) is 4.90 Å². The molecule has 6 heteroatoms. The van der Waals surface area contributed by atoms with Crippen LogP contribution in [0.25, 0.3) is 11.0 Å². The molecule has 1 fully saturated rings. The number of benzene rings is 4. The number of hydrogen-bond donors (Lipinski definition) is 1. The van der Waals surface area contributed by atoms with Gasteiger partial charge in [-0.1, -0.05) is 66.7 Å².